The fourth-order valence-electron chi connectivity index (χ4n) is 2.65. The number of nitrogens with one attached hydrogen (secondary N) is 1. The molecular weight excluding hydrogens is 290 g/mol. The predicted octanol–water partition coefficient (Wildman–Crippen LogP) is 1.95. The van der Waals surface area contributed by atoms with E-state index >= 15 is 0 Å². The maximum atomic E-state index is 12.5. The Balaban J connectivity index is 2.11. The number of hydrogen-bond donors (Lipinski definition) is 2. The summed E-state index contributed by atoms with van der Waals surface area (Å²) >= 11 is 0. The highest BCUT2D eigenvalue weighted by molar-refractivity contribution is 6.55. The molecule has 0 atom stereocenters. The minimum atomic E-state index is -0.766. The van der Waals surface area contributed by atoms with E-state index in [2.05, 4.69) is 0 Å². The number of carbonyl (C=O) groups is 2. The van der Waals surface area contributed by atoms with Gasteiger partial charge in [-0.05, 0) is 11.1 Å². The number of rotatable bonds is 4. The minimum Gasteiger partial charge on any atom is -0.365 e. The first-order valence-corrected chi connectivity index (χ1v) is 7.14. The number of carbonyl (C=O) groups excluding carboxylic acids is 2. The van der Waals surface area contributed by atoms with Crippen LogP contribution in [0, 0.1) is 5.41 Å². The molecular formula is C18H15N3O2. The van der Waals surface area contributed by atoms with Crippen LogP contribution in [-0.2, 0) is 16.1 Å². The number of nitrogens with zero attached hydrogens (tertiary/aromatic N) is 1. The third-order valence-corrected chi connectivity index (χ3v) is 3.69. The normalized spacial score (nSPS) is 14.5. The molecule has 3 rings (SSSR count). The van der Waals surface area contributed by atoms with Crippen molar-refractivity contribution in [3.05, 3.63) is 77.4 Å². The molecule has 0 bridgehead atoms. The van der Waals surface area contributed by atoms with E-state index in [-0.39, 0.29) is 17.8 Å². The Labute approximate surface area is 133 Å². The van der Waals surface area contributed by atoms with E-state index in [0.717, 1.165) is 5.56 Å². The second-order valence-electron chi connectivity index (χ2n) is 5.21. The fourth-order valence-corrected chi connectivity index (χ4v) is 2.65. The smallest absolute Gasteiger partial charge is 0.277 e. The first-order valence-electron chi connectivity index (χ1n) is 7.14. The quantitative estimate of drug-likeness (QED) is 0.904. The summed E-state index contributed by atoms with van der Waals surface area (Å²) in [6, 6.07) is 18.5. The van der Waals surface area contributed by atoms with E-state index < -0.39 is 11.8 Å². The molecule has 0 saturated carbocycles. The van der Waals surface area contributed by atoms with Crippen molar-refractivity contribution in [2.45, 2.75) is 6.54 Å². The Morgan fingerprint density at radius 3 is 2.13 bits per heavy atom. The molecule has 0 aliphatic carbocycles. The molecule has 1 heterocycles. The second kappa shape index (κ2) is 5.88. The lowest BCUT2D eigenvalue weighted by Crippen LogP contribution is -2.28. The highest BCUT2D eigenvalue weighted by Gasteiger charge is 2.38. The van der Waals surface area contributed by atoms with Gasteiger partial charge in [-0.3, -0.25) is 15.0 Å². The highest BCUT2D eigenvalue weighted by atomic mass is 16.2. The Hall–Kier alpha value is -3.21. The van der Waals surface area contributed by atoms with Crippen molar-refractivity contribution >= 4 is 23.2 Å². The Morgan fingerprint density at radius 1 is 1.00 bits per heavy atom. The van der Waals surface area contributed by atoms with Gasteiger partial charge in [0.05, 0.1) is 17.8 Å². The summed E-state index contributed by atoms with van der Waals surface area (Å²) in [4.78, 5) is 25.7. The second-order valence-corrected chi connectivity index (χ2v) is 5.21. The largest absolute Gasteiger partial charge is 0.365 e. The van der Waals surface area contributed by atoms with Gasteiger partial charge in [-0.1, -0.05) is 60.7 Å². The maximum Gasteiger partial charge on any atom is 0.277 e. The molecule has 0 radical (unpaired) electrons. The molecule has 23 heavy (non-hydrogen) atoms. The van der Waals surface area contributed by atoms with E-state index in [0.29, 0.717) is 11.3 Å². The van der Waals surface area contributed by atoms with Crippen LogP contribution in [0.2, 0.25) is 0 Å². The van der Waals surface area contributed by atoms with Crippen LogP contribution in [0.15, 0.2) is 66.2 Å². The van der Waals surface area contributed by atoms with Crippen LogP contribution >= 0.6 is 0 Å². The highest BCUT2D eigenvalue weighted by Crippen LogP contribution is 2.31. The SMILES string of the molecule is N=C1C(=O)N(Cc2ccccc2)C(c2ccccc2)=C1C(N)=O. The van der Waals surface area contributed by atoms with E-state index in [9.17, 15) is 9.59 Å². The number of amides is 2. The zero-order chi connectivity index (χ0) is 16.4. The molecule has 2 aromatic carbocycles. The van der Waals surface area contributed by atoms with Gasteiger partial charge < -0.3 is 10.6 Å². The first-order chi connectivity index (χ1) is 11.1. The molecule has 2 aromatic rings. The van der Waals surface area contributed by atoms with Gasteiger partial charge in [0, 0.05) is 0 Å². The summed E-state index contributed by atoms with van der Waals surface area (Å²) in [6.07, 6.45) is 0. The molecule has 5 nitrogen and oxygen atoms in total. The molecule has 0 unspecified atom stereocenters. The summed E-state index contributed by atoms with van der Waals surface area (Å²) < 4.78 is 0. The molecule has 0 aromatic heterocycles. The summed E-state index contributed by atoms with van der Waals surface area (Å²) in [6.45, 7) is 0.281. The van der Waals surface area contributed by atoms with Crippen LogP contribution in [0.25, 0.3) is 5.70 Å². The van der Waals surface area contributed by atoms with Gasteiger partial charge in [0.15, 0.2) is 0 Å². The molecule has 0 saturated heterocycles. The van der Waals surface area contributed by atoms with Crippen molar-refractivity contribution in [2.24, 2.45) is 5.73 Å². The molecule has 0 fully saturated rings. The molecule has 5 heteroatoms. The molecule has 1 aliphatic rings. The number of nitrogens with two attached hydrogens (primary N) is 1. The third-order valence-electron chi connectivity index (χ3n) is 3.69. The zero-order valence-electron chi connectivity index (χ0n) is 12.3. The van der Waals surface area contributed by atoms with E-state index in [1.807, 2.05) is 48.5 Å². The standard InChI is InChI=1S/C18H15N3O2/c19-15-14(17(20)22)16(13-9-5-2-6-10-13)21(18(15)23)11-12-7-3-1-4-8-12/h1-10,19H,11H2,(H2,20,22). The lowest BCUT2D eigenvalue weighted by Gasteiger charge is -2.20. The van der Waals surface area contributed by atoms with Crippen LogP contribution < -0.4 is 5.73 Å². The number of hydrogen-bond acceptors (Lipinski definition) is 3. The fraction of sp³-hybridized carbons (Fsp3) is 0.0556. The monoisotopic (exact) mass is 305 g/mol. The van der Waals surface area contributed by atoms with Gasteiger partial charge in [0.1, 0.15) is 5.71 Å². The Kier molecular flexibility index (Phi) is 3.76. The summed E-state index contributed by atoms with van der Waals surface area (Å²) in [5.41, 5.74) is 7.03. The minimum absolute atomic E-state index is 0.0304. The predicted molar refractivity (Wildman–Crippen MR) is 87.3 cm³/mol. The maximum absolute atomic E-state index is 12.5. The topological polar surface area (TPSA) is 87.2 Å². The first kappa shape index (κ1) is 14.7. The molecule has 114 valence electrons. The molecule has 0 spiro atoms. The summed E-state index contributed by atoms with van der Waals surface area (Å²) in [5, 5.41) is 7.97. The Bertz CT molecular complexity index is 811. The molecule has 1 aliphatic heterocycles. The lowest BCUT2D eigenvalue weighted by molar-refractivity contribution is -0.121. The van der Waals surface area contributed by atoms with Gasteiger partial charge in [-0.25, -0.2) is 0 Å². The van der Waals surface area contributed by atoms with Crippen molar-refractivity contribution in [3.63, 3.8) is 0 Å². The van der Waals surface area contributed by atoms with Gasteiger partial charge in [0.25, 0.3) is 11.8 Å². The van der Waals surface area contributed by atoms with Gasteiger partial charge in [0.2, 0.25) is 0 Å². The summed E-state index contributed by atoms with van der Waals surface area (Å²) in [7, 11) is 0. The molecule has 3 N–H and O–H groups in total. The van der Waals surface area contributed by atoms with Gasteiger partial charge in [-0.15, -0.1) is 0 Å². The van der Waals surface area contributed by atoms with Crippen molar-refractivity contribution in [1.29, 1.82) is 5.41 Å². The van der Waals surface area contributed by atoms with Crippen molar-refractivity contribution < 1.29 is 9.59 Å². The Morgan fingerprint density at radius 2 is 1.57 bits per heavy atom. The molecule has 2 amide bonds. The number of primary amides is 1. The number of benzene rings is 2. The van der Waals surface area contributed by atoms with Crippen molar-refractivity contribution in [2.75, 3.05) is 0 Å². The van der Waals surface area contributed by atoms with Crippen molar-refractivity contribution in [3.8, 4) is 0 Å². The van der Waals surface area contributed by atoms with Crippen LogP contribution in [0.4, 0.5) is 0 Å². The zero-order valence-corrected chi connectivity index (χ0v) is 12.3. The van der Waals surface area contributed by atoms with E-state index in [1.54, 1.807) is 12.1 Å². The van der Waals surface area contributed by atoms with Gasteiger partial charge >= 0.3 is 0 Å². The van der Waals surface area contributed by atoms with Gasteiger partial charge in [-0.2, -0.15) is 0 Å². The van der Waals surface area contributed by atoms with Crippen LogP contribution in [0.3, 0.4) is 0 Å². The summed E-state index contributed by atoms with van der Waals surface area (Å²) in [5.74, 6) is -1.28. The van der Waals surface area contributed by atoms with Crippen LogP contribution in [-0.4, -0.2) is 22.4 Å². The van der Waals surface area contributed by atoms with Crippen LogP contribution in [0.1, 0.15) is 11.1 Å². The average Bonchev–Trinajstić information content (AvgIpc) is 2.82. The lowest BCUT2D eigenvalue weighted by atomic mass is 10.1. The third kappa shape index (κ3) is 2.64. The van der Waals surface area contributed by atoms with Crippen molar-refractivity contribution in [1.82, 2.24) is 4.90 Å². The van der Waals surface area contributed by atoms with Crippen LogP contribution in [0.5, 0.6) is 0 Å². The average molecular weight is 305 g/mol. The van der Waals surface area contributed by atoms with E-state index in [4.69, 9.17) is 11.1 Å². The van der Waals surface area contributed by atoms with E-state index in [1.165, 1.54) is 4.90 Å².